The Morgan fingerprint density at radius 1 is 1.04 bits per heavy atom. The van der Waals surface area contributed by atoms with Crippen LogP contribution in [0.25, 0.3) is 10.8 Å². The fourth-order valence-electron chi connectivity index (χ4n) is 4.47. The minimum absolute atomic E-state index is 0.129. The summed E-state index contributed by atoms with van der Waals surface area (Å²) < 4.78 is 0. The molecule has 0 saturated carbocycles. The van der Waals surface area contributed by atoms with Crippen molar-refractivity contribution in [3.63, 3.8) is 0 Å². The zero-order valence-corrected chi connectivity index (χ0v) is 16.2. The van der Waals surface area contributed by atoms with Crippen LogP contribution in [0.3, 0.4) is 0 Å². The molecule has 2 heteroatoms. The SMILES string of the molecule is CC(=O)c1ccc(N2CC[C@H](C[C@H](C)c3cccc4ccccc34)C2)cc1. The van der Waals surface area contributed by atoms with Crippen molar-refractivity contribution in [1.29, 1.82) is 0 Å². The minimum Gasteiger partial charge on any atom is -0.371 e. The summed E-state index contributed by atoms with van der Waals surface area (Å²) in [6, 6.07) is 23.5. The predicted molar refractivity (Wildman–Crippen MR) is 114 cm³/mol. The summed E-state index contributed by atoms with van der Waals surface area (Å²) in [7, 11) is 0. The molecule has 0 unspecified atom stereocenters. The smallest absolute Gasteiger partial charge is 0.159 e. The van der Waals surface area contributed by atoms with Crippen LogP contribution in [0.15, 0.2) is 66.7 Å². The standard InChI is InChI=1S/C25H27NO/c1-18(24-9-5-7-22-6-3-4-8-25(22)24)16-20-14-15-26(17-20)23-12-10-21(11-13-23)19(2)27/h3-13,18,20H,14-17H2,1-2H3/t18-,20+/m0/s1. The van der Waals surface area contributed by atoms with Crippen molar-refractivity contribution >= 4 is 22.2 Å². The Hall–Kier alpha value is -2.61. The summed E-state index contributed by atoms with van der Waals surface area (Å²) in [5, 5.41) is 2.72. The van der Waals surface area contributed by atoms with E-state index in [-0.39, 0.29) is 5.78 Å². The van der Waals surface area contributed by atoms with Gasteiger partial charge in [-0.05, 0) is 72.2 Å². The summed E-state index contributed by atoms with van der Waals surface area (Å²) in [5.74, 6) is 1.40. The van der Waals surface area contributed by atoms with E-state index in [1.54, 1.807) is 6.92 Å². The van der Waals surface area contributed by atoms with E-state index in [1.807, 2.05) is 12.1 Å². The van der Waals surface area contributed by atoms with Crippen LogP contribution in [0.2, 0.25) is 0 Å². The maximum absolute atomic E-state index is 11.5. The van der Waals surface area contributed by atoms with Crippen LogP contribution in [-0.2, 0) is 0 Å². The highest BCUT2D eigenvalue weighted by Gasteiger charge is 2.25. The first kappa shape index (κ1) is 17.8. The highest BCUT2D eigenvalue weighted by atomic mass is 16.1. The molecule has 1 aliphatic heterocycles. The highest BCUT2D eigenvalue weighted by molar-refractivity contribution is 5.94. The lowest BCUT2D eigenvalue weighted by Gasteiger charge is -2.21. The van der Waals surface area contributed by atoms with Crippen molar-refractivity contribution < 1.29 is 4.79 Å². The Balaban J connectivity index is 1.44. The lowest BCUT2D eigenvalue weighted by Crippen LogP contribution is -2.20. The molecule has 4 rings (SSSR count). The molecule has 2 nitrogen and oxygen atoms in total. The molecular formula is C25H27NO. The topological polar surface area (TPSA) is 20.3 Å². The fourth-order valence-corrected chi connectivity index (χ4v) is 4.47. The largest absolute Gasteiger partial charge is 0.371 e. The van der Waals surface area contributed by atoms with Crippen molar-refractivity contribution in [3.05, 3.63) is 77.9 Å². The Morgan fingerprint density at radius 3 is 2.56 bits per heavy atom. The molecule has 1 aliphatic rings. The first-order valence-electron chi connectivity index (χ1n) is 9.95. The Bertz CT molecular complexity index is 939. The number of anilines is 1. The third kappa shape index (κ3) is 3.75. The normalized spacial score (nSPS) is 18.0. The second-order valence-corrected chi connectivity index (χ2v) is 7.91. The summed E-state index contributed by atoms with van der Waals surface area (Å²) >= 11 is 0. The van der Waals surface area contributed by atoms with Crippen LogP contribution in [-0.4, -0.2) is 18.9 Å². The van der Waals surface area contributed by atoms with E-state index in [0.29, 0.717) is 11.8 Å². The van der Waals surface area contributed by atoms with Crippen molar-refractivity contribution in [2.75, 3.05) is 18.0 Å². The maximum atomic E-state index is 11.5. The number of ketones is 1. The van der Waals surface area contributed by atoms with E-state index in [9.17, 15) is 4.79 Å². The van der Waals surface area contributed by atoms with Crippen LogP contribution in [0, 0.1) is 5.92 Å². The first-order chi connectivity index (χ1) is 13.1. The molecule has 3 aromatic carbocycles. The van der Waals surface area contributed by atoms with Gasteiger partial charge in [-0.3, -0.25) is 4.79 Å². The van der Waals surface area contributed by atoms with Crippen LogP contribution in [0.4, 0.5) is 5.69 Å². The summed E-state index contributed by atoms with van der Waals surface area (Å²) in [5.41, 5.74) is 3.50. The van der Waals surface area contributed by atoms with Crippen molar-refractivity contribution in [3.8, 4) is 0 Å². The van der Waals surface area contributed by atoms with Gasteiger partial charge in [0.15, 0.2) is 5.78 Å². The maximum Gasteiger partial charge on any atom is 0.159 e. The molecule has 0 spiro atoms. The molecular weight excluding hydrogens is 330 g/mol. The van der Waals surface area contributed by atoms with Gasteiger partial charge in [0, 0.05) is 24.3 Å². The monoisotopic (exact) mass is 357 g/mol. The van der Waals surface area contributed by atoms with Gasteiger partial charge in [0.2, 0.25) is 0 Å². The molecule has 0 amide bonds. The van der Waals surface area contributed by atoms with Gasteiger partial charge in [-0.2, -0.15) is 0 Å². The van der Waals surface area contributed by atoms with Gasteiger partial charge >= 0.3 is 0 Å². The average molecular weight is 357 g/mol. The van der Waals surface area contributed by atoms with E-state index >= 15 is 0 Å². The average Bonchev–Trinajstić information content (AvgIpc) is 3.16. The molecule has 0 N–H and O–H groups in total. The quantitative estimate of drug-likeness (QED) is 0.517. The predicted octanol–water partition coefficient (Wildman–Crippen LogP) is 6.06. The van der Waals surface area contributed by atoms with E-state index in [1.165, 1.54) is 34.9 Å². The molecule has 0 aliphatic carbocycles. The fraction of sp³-hybridized carbons (Fsp3) is 0.320. The first-order valence-corrected chi connectivity index (χ1v) is 9.95. The lowest BCUT2D eigenvalue weighted by molar-refractivity contribution is 0.101. The van der Waals surface area contributed by atoms with E-state index in [0.717, 1.165) is 18.7 Å². The third-order valence-electron chi connectivity index (χ3n) is 5.97. The number of fused-ring (bicyclic) bond motifs is 1. The Labute approximate surface area is 161 Å². The molecule has 0 radical (unpaired) electrons. The summed E-state index contributed by atoms with van der Waals surface area (Å²) in [6.07, 6.45) is 2.46. The van der Waals surface area contributed by atoms with Crippen LogP contribution < -0.4 is 4.90 Å². The van der Waals surface area contributed by atoms with Crippen LogP contribution in [0.1, 0.15) is 48.5 Å². The zero-order valence-electron chi connectivity index (χ0n) is 16.2. The molecule has 1 heterocycles. The number of hydrogen-bond acceptors (Lipinski definition) is 2. The second-order valence-electron chi connectivity index (χ2n) is 7.91. The van der Waals surface area contributed by atoms with Gasteiger partial charge in [-0.25, -0.2) is 0 Å². The highest BCUT2D eigenvalue weighted by Crippen LogP contribution is 2.34. The summed E-state index contributed by atoms with van der Waals surface area (Å²) in [4.78, 5) is 13.9. The molecule has 27 heavy (non-hydrogen) atoms. The second kappa shape index (κ2) is 7.56. The summed E-state index contributed by atoms with van der Waals surface area (Å²) in [6.45, 7) is 6.20. The van der Waals surface area contributed by atoms with Gasteiger partial charge in [0.05, 0.1) is 0 Å². The molecule has 1 saturated heterocycles. The van der Waals surface area contributed by atoms with Crippen LogP contribution in [0.5, 0.6) is 0 Å². The number of hydrogen-bond donors (Lipinski definition) is 0. The van der Waals surface area contributed by atoms with Crippen molar-refractivity contribution in [2.45, 2.75) is 32.6 Å². The third-order valence-corrected chi connectivity index (χ3v) is 5.97. The van der Waals surface area contributed by atoms with Gasteiger partial charge in [0.25, 0.3) is 0 Å². The molecule has 0 aromatic heterocycles. The number of Topliss-reactive ketones (excluding diaryl/α,β-unsaturated/α-hetero) is 1. The molecule has 138 valence electrons. The van der Waals surface area contributed by atoms with Gasteiger partial charge in [0.1, 0.15) is 0 Å². The molecule has 1 fully saturated rings. The van der Waals surface area contributed by atoms with Crippen molar-refractivity contribution in [2.24, 2.45) is 5.92 Å². The van der Waals surface area contributed by atoms with Gasteiger partial charge in [-0.15, -0.1) is 0 Å². The number of nitrogens with zero attached hydrogens (tertiary/aromatic N) is 1. The Kier molecular flexibility index (Phi) is 4.98. The van der Waals surface area contributed by atoms with E-state index in [4.69, 9.17) is 0 Å². The number of benzene rings is 3. The lowest BCUT2D eigenvalue weighted by atomic mass is 9.87. The minimum atomic E-state index is 0.129. The molecule has 3 aromatic rings. The van der Waals surface area contributed by atoms with Crippen LogP contribution >= 0.6 is 0 Å². The van der Waals surface area contributed by atoms with Gasteiger partial charge in [-0.1, -0.05) is 49.4 Å². The number of carbonyl (C=O) groups is 1. The van der Waals surface area contributed by atoms with Gasteiger partial charge < -0.3 is 4.90 Å². The molecule has 0 bridgehead atoms. The molecule has 2 atom stereocenters. The zero-order chi connectivity index (χ0) is 18.8. The van der Waals surface area contributed by atoms with Crippen molar-refractivity contribution in [1.82, 2.24) is 0 Å². The Morgan fingerprint density at radius 2 is 1.78 bits per heavy atom. The van der Waals surface area contributed by atoms with E-state index < -0.39 is 0 Å². The number of rotatable bonds is 5. The van der Waals surface area contributed by atoms with E-state index in [2.05, 4.69) is 66.4 Å². The number of carbonyl (C=O) groups excluding carboxylic acids is 1.